The summed E-state index contributed by atoms with van der Waals surface area (Å²) in [6.45, 7) is 10.2. The molecule has 0 spiro atoms. The summed E-state index contributed by atoms with van der Waals surface area (Å²) in [5.41, 5.74) is 0.457. The molecule has 0 aromatic rings. The lowest BCUT2D eigenvalue weighted by molar-refractivity contribution is 0.0539. The third-order valence-electron chi connectivity index (χ3n) is 3.59. The molecule has 3 atom stereocenters. The van der Waals surface area contributed by atoms with Crippen molar-refractivity contribution in [3.05, 3.63) is 0 Å². The van der Waals surface area contributed by atoms with Crippen LogP contribution >= 0.6 is 0 Å². The Labute approximate surface area is 81.0 Å². The monoisotopic (exact) mass is 183 g/mol. The third-order valence-corrected chi connectivity index (χ3v) is 3.59. The molecule has 2 aliphatic rings. The van der Waals surface area contributed by atoms with Gasteiger partial charge in [-0.25, -0.2) is 0 Å². The van der Waals surface area contributed by atoms with Crippen LogP contribution in [0.4, 0.5) is 0 Å². The van der Waals surface area contributed by atoms with Crippen molar-refractivity contribution in [2.45, 2.75) is 33.2 Å². The summed E-state index contributed by atoms with van der Waals surface area (Å²) in [6, 6.07) is 0.725. The van der Waals surface area contributed by atoms with Gasteiger partial charge in [0.2, 0.25) is 0 Å². The van der Waals surface area contributed by atoms with E-state index in [0.717, 1.165) is 31.1 Å². The maximum atomic E-state index is 5.43. The molecule has 2 nitrogen and oxygen atoms in total. The second-order valence-electron chi connectivity index (χ2n) is 5.53. The van der Waals surface area contributed by atoms with E-state index in [-0.39, 0.29) is 0 Å². The molecule has 2 rings (SSSR count). The third kappa shape index (κ3) is 1.75. The molecule has 2 heteroatoms. The summed E-state index contributed by atoms with van der Waals surface area (Å²) in [6.07, 6.45) is 1.25. The van der Waals surface area contributed by atoms with Gasteiger partial charge in [-0.15, -0.1) is 0 Å². The molecule has 2 saturated heterocycles. The van der Waals surface area contributed by atoms with Crippen molar-refractivity contribution in [3.63, 3.8) is 0 Å². The highest BCUT2D eigenvalue weighted by Gasteiger charge is 2.43. The predicted molar refractivity (Wildman–Crippen MR) is 53.7 cm³/mol. The van der Waals surface area contributed by atoms with E-state index >= 15 is 0 Å². The smallest absolute Gasteiger partial charge is 0.0510 e. The van der Waals surface area contributed by atoms with Crippen molar-refractivity contribution in [2.75, 3.05) is 19.8 Å². The maximum absolute atomic E-state index is 5.43. The molecule has 0 aromatic heterocycles. The standard InChI is InChI=1S/C11H21NO/c1-11(2,3)9-6-12-10(9)8-4-5-13-7-8/h8-10,12H,4-7H2,1-3H3. The number of hydrogen-bond acceptors (Lipinski definition) is 2. The minimum atomic E-state index is 0.457. The highest BCUT2D eigenvalue weighted by molar-refractivity contribution is 4.98. The highest BCUT2D eigenvalue weighted by atomic mass is 16.5. The molecule has 2 fully saturated rings. The molecular weight excluding hydrogens is 162 g/mol. The molecule has 1 N–H and O–H groups in total. The van der Waals surface area contributed by atoms with Crippen molar-refractivity contribution < 1.29 is 4.74 Å². The lowest BCUT2D eigenvalue weighted by atomic mass is 9.68. The first-order valence-corrected chi connectivity index (χ1v) is 5.40. The quantitative estimate of drug-likeness (QED) is 0.667. The average molecular weight is 183 g/mol. The molecule has 0 amide bonds. The van der Waals surface area contributed by atoms with Gasteiger partial charge < -0.3 is 10.1 Å². The first-order valence-electron chi connectivity index (χ1n) is 5.40. The van der Waals surface area contributed by atoms with E-state index in [9.17, 15) is 0 Å². The van der Waals surface area contributed by atoms with Gasteiger partial charge in [0.15, 0.2) is 0 Å². The summed E-state index contributed by atoms with van der Waals surface area (Å²) in [5, 5.41) is 3.56. The molecule has 0 aliphatic carbocycles. The number of nitrogens with one attached hydrogen (secondary N) is 1. The molecule has 0 saturated carbocycles. The molecule has 0 radical (unpaired) electrons. The summed E-state index contributed by atoms with van der Waals surface area (Å²) >= 11 is 0. The van der Waals surface area contributed by atoms with Gasteiger partial charge in [0, 0.05) is 25.1 Å². The van der Waals surface area contributed by atoms with Crippen LogP contribution in [0.1, 0.15) is 27.2 Å². The fourth-order valence-electron chi connectivity index (χ4n) is 2.55. The second kappa shape index (κ2) is 3.25. The Kier molecular flexibility index (Phi) is 2.37. The molecule has 13 heavy (non-hydrogen) atoms. The van der Waals surface area contributed by atoms with Crippen molar-refractivity contribution in [3.8, 4) is 0 Å². The number of ether oxygens (including phenoxy) is 1. The van der Waals surface area contributed by atoms with E-state index in [4.69, 9.17) is 4.74 Å². The maximum Gasteiger partial charge on any atom is 0.0510 e. The summed E-state index contributed by atoms with van der Waals surface area (Å²) < 4.78 is 5.43. The van der Waals surface area contributed by atoms with E-state index in [1.54, 1.807) is 0 Å². The summed E-state index contributed by atoms with van der Waals surface area (Å²) in [7, 11) is 0. The normalized spacial score (nSPS) is 40.4. The van der Waals surface area contributed by atoms with E-state index in [2.05, 4.69) is 26.1 Å². The van der Waals surface area contributed by atoms with Crippen molar-refractivity contribution in [1.29, 1.82) is 0 Å². The van der Waals surface area contributed by atoms with E-state index in [1.165, 1.54) is 13.0 Å². The fraction of sp³-hybridized carbons (Fsp3) is 1.00. The van der Waals surface area contributed by atoms with Gasteiger partial charge in [0.1, 0.15) is 0 Å². The van der Waals surface area contributed by atoms with Crippen LogP contribution in [0.15, 0.2) is 0 Å². The van der Waals surface area contributed by atoms with E-state index < -0.39 is 0 Å². The fourth-order valence-corrected chi connectivity index (χ4v) is 2.55. The van der Waals surface area contributed by atoms with Crippen molar-refractivity contribution in [2.24, 2.45) is 17.3 Å². The van der Waals surface area contributed by atoms with Gasteiger partial charge in [-0.3, -0.25) is 0 Å². The predicted octanol–water partition coefficient (Wildman–Crippen LogP) is 1.66. The summed E-state index contributed by atoms with van der Waals surface area (Å²) in [5.74, 6) is 1.62. The van der Waals surface area contributed by atoms with Crippen LogP contribution in [0.5, 0.6) is 0 Å². The zero-order valence-electron chi connectivity index (χ0n) is 8.97. The second-order valence-corrected chi connectivity index (χ2v) is 5.53. The van der Waals surface area contributed by atoms with Crippen molar-refractivity contribution in [1.82, 2.24) is 5.32 Å². The first-order chi connectivity index (χ1) is 6.09. The van der Waals surface area contributed by atoms with Gasteiger partial charge in [-0.2, -0.15) is 0 Å². The van der Waals surface area contributed by atoms with Crippen LogP contribution in [0.2, 0.25) is 0 Å². The van der Waals surface area contributed by atoms with E-state index in [0.29, 0.717) is 5.41 Å². The van der Waals surface area contributed by atoms with Crippen LogP contribution in [0, 0.1) is 17.3 Å². The molecule has 3 unspecified atom stereocenters. The van der Waals surface area contributed by atoms with Gasteiger partial charge in [0.25, 0.3) is 0 Å². The van der Waals surface area contributed by atoms with Crippen LogP contribution in [0.3, 0.4) is 0 Å². The van der Waals surface area contributed by atoms with Crippen LogP contribution in [-0.2, 0) is 4.74 Å². The molecule has 0 aromatic carbocycles. The van der Waals surface area contributed by atoms with Crippen LogP contribution in [0.25, 0.3) is 0 Å². The molecule has 2 heterocycles. The molecular formula is C11H21NO. The van der Waals surface area contributed by atoms with E-state index in [1.807, 2.05) is 0 Å². The Morgan fingerprint density at radius 1 is 1.31 bits per heavy atom. The average Bonchev–Trinajstić information content (AvgIpc) is 2.32. The number of rotatable bonds is 1. The van der Waals surface area contributed by atoms with Crippen LogP contribution in [-0.4, -0.2) is 25.8 Å². The lowest BCUT2D eigenvalue weighted by Gasteiger charge is -2.48. The first kappa shape index (κ1) is 9.47. The molecule has 76 valence electrons. The van der Waals surface area contributed by atoms with Crippen molar-refractivity contribution >= 4 is 0 Å². The Morgan fingerprint density at radius 3 is 2.46 bits per heavy atom. The minimum Gasteiger partial charge on any atom is -0.381 e. The van der Waals surface area contributed by atoms with Gasteiger partial charge in [0.05, 0.1) is 6.61 Å². The summed E-state index contributed by atoms with van der Waals surface area (Å²) in [4.78, 5) is 0. The Morgan fingerprint density at radius 2 is 2.08 bits per heavy atom. The highest BCUT2D eigenvalue weighted by Crippen LogP contribution is 2.38. The van der Waals surface area contributed by atoms with Crippen LogP contribution < -0.4 is 5.32 Å². The van der Waals surface area contributed by atoms with Gasteiger partial charge in [-0.05, 0) is 17.8 Å². The topological polar surface area (TPSA) is 21.3 Å². The zero-order valence-corrected chi connectivity index (χ0v) is 8.97. The Hall–Kier alpha value is -0.0800. The SMILES string of the molecule is CC(C)(C)C1CNC1C1CCOC1. The molecule has 0 bridgehead atoms. The Bertz CT molecular complexity index is 179. The minimum absolute atomic E-state index is 0.457. The molecule has 2 aliphatic heterocycles. The Balaban J connectivity index is 1.94. The van der Waals surface area contributed by atoms with Gasteiger partial charge in [-0.1, -0.05) is 20.8 Å². The number of hydrogen-bond donors (Lipinski definition) is 1. The zero-order chi connectivity index (χ0) is 9.47. The lowest BCUT2D eigenvalue weighted by Crippen LogP contribution is -2.61. The van der Waals surface area contributed by atoms with Gasteiger partial charge >= 0.3 is 0 Å². The largest absolute Gasteiger partial charge is 0.381 e.